The van der Waals surface area contributed by atoms with Crippen LogP contribution in [0.2, 0.25) is 0 Å². The minimum absolute atomic E-state index is 0.258. The van der Waals surface area contributed by atoms with E-state index >= 15 is 0 Å². The van der Waals surface area contributed by atoms with Crippen molar-refractivity contribution in [2.45, 2.75) is 102 Å². The summed E-state index contributed by atoms with van der Waals surface area (Å²) >= 11 is 0. The molecule has 0 amide bonds. The fourth-order valence-corrected chi connectivity index (χ4v) is 2.80. The Hall–Kier alpha value is -1.22. The first-order valence-electron chi connectivity index (χ1n) is 10.8. The van der Waals surface area contributed by atoms with Crippen molar-refractivity contribution in [1.82, 2.24) is 0 Å². The highest BCUT2D eigenvalue weighted by Gasteiger charge is 2.11. The maximum Gasteiger partial charge on any atom is 0.307 e. The molecule has 0 aliphatic rings. The van der Waals surface area contributed by atoms with Crippen LogP contribution in [0.5, 0.6) is 0 Å². The Kier molecular flexibility index (Phi) is 18.3. The third-order valence-corrected chi connectivity index (χ3v) is 4.46. The fraction of sp³-hybridized carbons (Fsp3) is 0.900. The van der Waals surface area contributed by atoms with Crippen molar-refractivity contribution in [3.05, 3.63) is 0 Å². The Labute approximate surface area is 170 Å². The van der Waals surface area contributed by atoms with Gasteiger partial charge in [-0.15, -0.1) is 0 Å². The number of unbranched alkanes of at least 4 members (excludes halogenated alkanes) is 7. The molecule has 0 aromatic rings. The molecular formula is C20H42N4O4. The predicted octanol–water partition coefficient (Wildman–Crippen LogP) is 2.02. The van der Waals surface area contributed by atoms with Crippen molar-refractivity contribution >= 4 is 11.9 Å². The molecule has 8 nitrogen and oxygen atoms in total. The van der Waals surface area contributed by atoms with Crippen molar-refractivity contribution in [2.75, 3.05) is 13.1 Å². The highest BCUT2D eigenvalue weighted by atomic mass is 16.6. The molecule has 8 N–H and O–H groups in total. The molecule has 0 aromatic carbocycles. The van der Waals surface area contributed by atoms with Crippen molar-refractivity contribution in [3.8, 4) is 0 Å². The molecule has 0 aromatic heterocycles. The Bertz CT molecular complexity index is 360. The van der Waals surface area contributed by atoms with Gasteiger partial charge in [-0.2, -0.15) is 0 Å². The van der Waals surface area contributed by atoms with Crippen LogP contribution in [0.4, 0.5) is 0 Å². The van der Waals surface area contributed by atoms with Crippen molar-refractivity contribution in [3.63, 3.8) is 0 Å². The van der Waals surface area contributed by atoms with Crippen LogP contribution in [0.1, 0.15) is 89.9 Å². The molecule has 0 heterocycles. The summed E-state index contributed by atoms with van der Waals surface area (Å²) in [4.78, 5) is 23.4. The summed E-state index contributed by atoms with van der Waals surface area (Å²) in [6.07, 6.45) is 9.95. The van der Waals surface area contributed by atoms with Gasteiger partial charge in [0.25, 0.3) is 0 Å². The summed E-state index contributed by atoms with van der Waals surface area (Å²) in [7, 11) is 0. The van der Waals surface area contributed by atoms with E-state index in [-0.39, 0.29) is 11.9 Å². The average Bonchev–Trinajstić information content (AvgIpc) is 2.65. The predicted molar refractivity (Wildman–Crippen MR) is 111 cm³/mol. The standard InChI is InChI=1S/C20H42N4O4/c21-15-9-3-5-11-17(23)27-19(25)13-7-1-2-8-14-20(26)28-18(24)12-6-4-10-16-22/h17-18H,1-16,21-24H2. The van der Waals surface area contributed by atoms with Crippen molar-refractivity contribution in [1.29, 1.82) is 0 Å². The summed E-state index contributed by atoms with van der Waals surface area (Å²) < 4.78 is 10.4. The molecule has 2 unspecified atom stereocenters. The zero-order chi connectivity index (χ0) is 21.0. The van der Waals surface area contributed by atoms with E-state index in [9.17, 15) is 9.59 Å². The van der Waals surface area contributed by atoms with Crippen LogP contribution in [-0.2, 0) is 19.1 Å². The minimum atomic E-state index is -0.528. The van der Waals surface area contributed by atoms with Gasteiger partial charge in [0.2, 0.25) is 0 Å². The molecule has 0 spiro atoms. The highest BCUT2D eigenvalue weighted by molar-refractivity contribution is 5.69. The van der Waals surface area contributed by atoms with E-state index < -0.39 is 12.5 Å². The van der Waals surface area contributed by atoms with E-state index in [2.05, 4.69) is 0 Å². The highest BCUT2D eigenvalue weighted by Crippen LogP contribution is 2.10. The van der Waals surface area contributed by atoms with E-state index in [1.54, 1.807) is 0 Å². The number of carbonyl (C=O) groups is 2. The SMILES string of the molecule is NCCCCCC(N)OC(=O)CCCCCCC(=O)OC(N)CCCCCN. The molecule has 0 bridgehead atoms. The lowest BCUT2D eigenvalue weighted by Gasteiger charge is -2.13. The van der Waals surface area contributed by atoms with Crippen LogP contribution in [0.3, 0.4) is 0 Å². The van der Waals surface area contributed by atoms with Crippen molar-refractivity contribution < 1.29 is 19.1 Å². The third kappa shape index (κ3) is 18.2. The summed E-state index contributed by atoms with van der Waals surface area (Å²) in [5.41, 5.74) is 22.4. The Morgan fingerprint density at radius 3 is 1.29 bits per heavy atom. The lowest BCUT2D eigenvalue weighted by Crippen LogP contribution is -2.27. The van der Waals surface area contributed by atoms with Crippen LogP contribution < -0.4 is 22.9 Å². The summed E-state index contributed by atoms with van der Waals surface area (Å²) in [6.45, 7) is 1.35. The molecule has 0 aliphatic carbocycles. The largest absolute Gasteiger partial charge is 0.447 e. The van der Waals surface area contributed by atoms with Gasteiger partial charge < -0.3 is 20.9 Å². The number of carbonyl (C=O) groups excluding carboxylic acids is 2. The molecule has 0 radical (unpaired) electrons. The average molecular weight is 403 g/mol. The molecule has 0 aliphatic heterocycles. The second kappa shape index (κ2) is 19.1. The molecule has 28 heavy (non-hydrogen) atoms. The van der Waals surface area contributed by atoms with Crippen molar-refractivity contribution in [2.24, 2.45) is 22.9 Å². The zero-order valence-corrected chi connectivity index (χ0v) is 17.4. The van der Waals surface area contributed by atoms with Gasteiger partial charge in [-0.25, -0.2) is 0 Å². The number of hydrogen-bond acceptors (Lipinski definition) is 8. The van der Waals surface area contributed by atoms with Crippen LogP contribution in [0, 0.1) is 0 Å². The molecule has 0 fully saturated rings. The van der Waals surface area contributed by atoms with Crippen LogP contribution >= 0.6 is 0 Å². The first-order valence-corrected chi connectivity index (χ1v) is 10.8. The molecule has 166 valence electrons. The van der Waals surface area contributed by atoms with Gasteiger partial charge in [0.1, 0.15) is 0 Å². The second-order valence-corrected chi connectivity index (χ2v) is 7.25. The van der Waals surface area contributed by atoms with Gasteiger partial charge in [-0.1, -0.05) is 25.7 Å². The first kappa shape index (κ1) is 26.8. The topological polar surface area (TPSA) is 157 Å². The number of hydrogen-bond donors (Lipinski definition) is 4. The number of ether oxygens (including phenoxy) is 2. The third-order valence-electron chi connectivity index (χ3n) is 4.46. The van der Waals surface area contributed by atoms with E-state index in [1.165, 1.54) is 0 Å². The number of rotatable bonds is 19. The lowest BCUT2D eigenvalue weighted by atomic mass is 10.1. The number of nitrogens with two attached hydrogens (primary N) is 4. The zero-order valence-electron chi connectivity index (χ0n) is 17.4. The minimum Gasteiger partial charge on any atom is -0.447 e. The molecular weight excluding hydrogens is 360 g/mol. The maximum atomic E-state index is 11.7. The van der Waals surface area contributed by atoms with Gasteiger partial charge in [0, 0.05) is 12.8 Å². The lowest BCUT2D eigenvalue weighted by molar-refractivity contribution is -0.150. The maximum absolute atomic E-state index is 11.7. The van der Waals surface area contributed by atoms with E-state index in [0.29, 0.717) is 38.8 Å². The smallest absolute Gasteiger partial charge is 0.307 e. The van der Waals surface area contributed by atoms with Gasteiger partial charge in [-0.3, -0.25) is 21.1 Å². The summed E-state index contributed by atoms with van der Waals surface area (Å²) in [5, 5.41) is 0. The van der Waals surface area contributed by atoms with Gasteiger partial charge in [0.05, 0.1) is 0 Å². The first-order chi connectivity index (χ1) is 13.5. The quantitative estimate of drug-likeness (QED) is 0.145. The second-order valence-electron chi connectivity index (χ2n) is 7.25. The van der Waals surface area contributed by atoms with Crippen LogP contribution in [-0.4, -0.2) is 37.5 Å². The normalized spacial score (nSPS) is 13.1. The molecule has 8 heteroatoms. The molecule has 0 saturated carbocycles. The van der Waals surface area contributed by atoms with Gasteiger partial charge in [-0.05, 0) is 64.5 Å². The Morgan fingerprint density at radius 2 is 0.929 bits per heavy atom. The monoisotopic (exact) mass is 402 g/mol. The van der Waals surface area contributed by atoms with Gasteiger partial charge >= 0.3 is 11.9 Å². The van der Waals surface area contributed by atoms with Crippen LogP contribution in [0.15, 0.2) is 0 Å². The molecule has 2 atom stereocenters. The Morgan fingerprint density at radius 1 is 0.571 bits per heavy atom. The Balaban J connectivity index is 3.54. The number of esters is 2. The van der Waals surface area contributed by atoms with E-state index in [0.717, 1.165) is 64.2 Å². The molecule has 0 saturated heterocycles. The van der Waals surface area contributed by atoms with E-state index in [4.69, 9.17) is 32.4 Å². The summed E-state index contributed by atoms with van der Waals surface area (Å²) in [6, 6.07) is 0. The molecule has 0 rings (SSSR count). The van der Waals surface area contributed by atoms with E-state index in [1.807, 2.05) is 0 Å². The van der Waals surface area contributed by atoms with Crippen LogP contribution in [0.25, 0.3) is 0 Å². The summed E-state index contributed by atoms with van der Waals surface area (Å²) in [5.74, 6) is -0.516. The fourth-order valence-electron chi connectivity index (χ4n) is 2.80. The van der Waals surface area contributed by atoms with Gasteiger partial charge in [0.15, 0.2) is 12.5 Å².